The van der Waals surface area contributed by atoms with Crippen LogP contribution in [0.25, 0.3) is 0 Å². The fourth-order valence-electron chi connectivity index (χ4n) is 4.16. The van der Waals surface area contributed by atoms with Crippen molar-refractivity contribution in [1.82, 2.24) is 14.5 Å². The summed E-state index contributed by atoms with van der Waals surface area (Å²) >= 11 is 0. The maximum Gasteiger partial charge on any atom is 0.246 e. The molecule has 1 heterocycles. The van der Waals surface area contributed by atoms with Gasteiger partial charge in [0, 0.05) is 32.2 Å². The van der Waals surface area contributed by atoms with E-state index in [-0.39, 0.29) is 36.5 Å². The first-order valence-electron chi connectivity index (χ1n) is 10.1. The standard InChI is InChI=1S/C20H30FN3O3S/c1-15-6-5-8-18(16(15)2)22-20(25)14-23-10-12-24(13-11-23)28(26,27)19-9-4-3-7-17(19)21/h3-4,7,9,15-16,18H,5-6,8,10-14H2,1-2H3,(H,22,25)/t15-,16-,18-/m1/s1. The molecule has 1 aliphatic heterocycles. The Labute approximate surface area is 167 Å². The third-order valence-corrected chi connectivity index (χ3v) is 8.14. The maximum atomic E-state index is 13.9. The van der Waals surface area contributed by atoms with Crippen molar-refractivity contribution in [2.45, 2.75) is 44.0 Å². The molecule has 1 N–H and O–H groups in total. The van der Waals surface area contributed by atoms with E-state index in [4.69, 9.17) is 0 Å². The van der Waals surface area contributed by atoms with Crippen molar-refractivity contribution >= 4 is 15.9 Å². The molecule has 156 valence electrons. The Kier molecular flexibility index (Phi) is 6.73. The number of sulfonamides is 1. The second-order valence-corrected chi connectivity index (χ2v) is 9.96. The van der Waals surface area contributed by atoms with Crippen molar-refractivity contribution in [2.75, 3.05) is 32.7 Å². The SMILES string of the molecule is C[C@@H]1[C@H](C)CCC[C@H]1NC(=O)CN1CCN(S(=O)(=O)c2ccccc2F)CC1. The predicted octanol–water partition coefficient (Wildman–Crippen LogP) is 2.07. The van der Waals surface area contributed by atoms with E-state index in [1.54, 1.807) is 0 Å². The fourth-order valence-corrected chi connectivity index (χ4v) is 5.65. The highest BCUT2D eigenvalue weighted by Crippen LogP contribution is 2.29. The van der Waals surface area contributed by atoms with Gasteiger partial charge in [0.1, 0.15) is 10.7 Å². The van der Waals surface area contributed by atoms with Gasteiger partial charge in [0.15, 0.2) is 0 Å². The summed E-state index contributed by atoms with van der Waals surface area (Å²) in [6.07, 6.45) is 3.38. The van der Waals surface area contributed by atoms with Crippen LogP contribution in [0.5, 0.6) is 0 Å². The van der Waals surface area contributed by atoms with Crippen molar-refractivity contribution in [3.05, 3.63) is 30.1 Å². The van der Waals surface area contributed by atoms with Gasteiger partial charge in [-0.15, -0.1) is 0 Å². The second kappa shape index (κ2) is 8.88. The molecule has 1 aromatic carbocycles. The average Bonchev–Trinajstić information content (AvgIpc) is 2.66. The van der Waals surface area contributed by atoms with E-state index >= 15 is 0 Å². The third kappa shape index (κ3) is 4.72. The Hall–Kier alpha value is -1.51. The van der Waals surface area contributed by atoms with E-state index in [0.717, 1.165) is 18.9 Å². The minimum Gasteiger partial charge on any atom is -0.352 e. The monoisotopic (exact) mass is 411 g/mol. The summed E-state index contributed by atoms with van der Waals surface area (Å²) in [5.74, 6) is 0.350. The molecule has 3 rings (SSSR count). The molecular formula is C20H30FN3O3S. The van der Waals surface area contributed by atoms with Crippen LogP contribution in [0.3, 0.4) is 0 Å². The Bertz CT molecular complexity index is 794. The van der Waals surface area contributed by atoms with E-state index in [0.29, 0.717) is 24.9 Å². The molecule has 1 saturated carbocycles. The van der Waals surface area contributed by atoms with Gasteiger partial charge in [0.25, 0.3) is 0 Å². The number of piperazine rings is 1. The van der Waals surface area contributed by atoms with E-state index in [1.165, 1.54) is 28.9 Å². The van der Waals surface area contributed by atoms with Gasteiger partial charge in [-0.3, -0.25) is 9.69 Å². The van der Waals surface area contributed by atoms with Gasteiger partial charge in [0.05, 0.1) is 6.54 Å². The molecule has 2 aliphatic rings. The number of benzene rings is 1. The minimum absolute atomic E-state index is 0.00337. The number of hydrogen-bond donors (Lipinski definition) is 1. The zero-order valence-electron chi connectivity index (χ0n) is 16.6. The second-order valence-electron chi connectivity index (χ2n) is 8.05. The Morgan fingerprint density at radius 3 is 2.50 bits per heavy atom. The van der Waals surface area contributed by atoms with Crippen LogP contribution in [-0.2, 0) is 14.8 Å². The first-order chi connectivity index (χ1) is 13.3. The molecule has 0 bridgehead atoms. The lowest BCUT2D eigenvalue weighted by molar-refractivity contribution is -0.124. The summed E-state index contributed by atoms with van der Waals surface area (Å²) in [5.41, 5.74) is 0. The normalized spacial score (nSPS) is 27.5. The molecule has 0 aromatic heterocycles. The van der Waals surface area contributed by atoms with E-state index in [2.05, 4.69) is 19.2 Å². The zero-order valence-corrected chi connectivity index (χ0v) is 17.4. The summed E-state index contributed by atoms with van der Waals surface area (Å²) in [6.45, 7) is 6.11. The van der Waals surface area contributed by atoms with Gasteiger partial charge in [-0.05, 0) is 30.4 Å². The number of nitrogens with zero attached hydrogens (tertiary/aromatic N) is 2. The van der Waals surface area contributed by atoms with Crippen LogP contribution < -0.4 is 5.32 Å². The molecule has 0 spiro atoms. The van der Waals surface area contributed by atoms with Crippen molar-refractivity contribution < 1.29 is 17.6 Å². The molecule has 28 heavy (non-hydrogen) atoms. The molecule has 3 atom stereocenters. The number of carbonyl (C=O) groups excluding carboxylic acids is 1. The summed E-state index contributed by atoms with van der Waals surface area (Å²) in [4.78, 5) is 14.1. The average molecular weight is 412 g/mol. The van der Waals surface area contributed by atoms with Crippen molar-refractivity contribution in [3.63, 3.8) is 0 Å². The highest BCUT2D eigenvalue weighted by molar-refractivity contribution is 7.89. The quantitative estimate of drug-likeness (QED) is 0.805. The number of nitrogens with one attached hydrogen (secondary N) is 1. The van der Waals surface area contributed by atoms with Gasteiger partial charge in [-0.2, -0.15) is 4.31 Å². The number of hydrogen-bond acceptors (Lipinski definition) is 4. The molecule has 1 saturated heterocycles. The van der Waals surface area contributed by atoms with Crippen LogP contribution in [0.4, 0.5) is 4.39 Å². The van der Waals surface area contributed by atoms with Crippen LogP contribution in [0, 0.1) is 17.7 Å². The molecule has 0 radical (unpaired) electrons. The topological polar surface area (TPSA) is 69.7 Å². The Balaban J connectivity index is 1.51. The van der Waals surface area contributed by atoms with Crippen LogP contribution in [0.1, 0.15) is 33.1 Å². The van der Waals surface area contributed by atoms with E-state index in [1.807, 2.05) is 4.90 Å². The molecule has 6 nitrogen and oxygen atoms in total. The van der Waals surface area contributed by atoms with Gasteiger partial charge < -0.3 is 5.32 Å². The molecule has 0 unspecified atom stereocenters. The number of carbonyl (C=O) groups is 1. The fraction of sp³-hybridized carbons (Fsp3) is 0.650. The molecule has 1 aromatic rings. The van der Waals surface area contributed by atoms with Gasteiger partial charge in [0.2, 0.25) is 15.9 Å². The van der Waals surface area contributed by atoms with E-state index < -0.39 is 15.8 Å². The minimum atomic E-state index is -3.85. The first-order valence-corrected chi connectivity index (χ1v) is 11.5. The Morgan fingerprint density at radius 1 is 1.14 bits per heavy atom. The van der Waals surface area contributed by atoms with Crippen LogP contribution >= 0.6 is 0 Å². The van der Waals surface area contributed by atoms with Crippen LogP contribution in [-0.4, -0.2) is 62.3 Å². The smallest absolute Gasteiger partial charge is 0.246 e. The molecule has 1 aliphatic carbocycles. The zero-order chi connectivity index (χ0) is 20.3. The number of rotatable bonds is 5. The lowest BCUT2D eigenvalue weighted by Crippen LogP contribution is -2.53. The summed E-state index contributed by atoms with van der Waals surface area (Å²) in [5, 5.41) is 3.16. The Morgan fingerprint density at radius 2 is 1.82 bits per heavy atom. The molecule has 8 heteroatoms. The van der Waals surface area contributed by atoms with Crippen molar-refractivity contribution in [2.24, 2.45) is 11.8 Å². The number of halogens is 1. The molecule has 2 fully saturated rings. The summed E-state index contributed by atoms with van der Waals surface area (Å²) in [6, 6.07) is 5.65. The maximum absolute atomic E-state index is 13.9. The molecular weight excluding hydrogens is 381 g/mol. The lowest BCUT2D eigenvalue weighted by atomic mass is 9.78. The lowest BCUT2D eigenvalue weighted by Gasteiger charge is -2.36. The largest absolute Gasteiger partial charge is 0.352 e. The summed E-state index contributed by atoms with van der Waals surface area (Å²) < 4.78 is 40.5. The van der Waals surface area contributed by atoms with Crippen LogP contribution in [0.2, 0.25) is 0 Å². The molecule has 1 amide bonds. The number of amides is 1. The van der Waals surface area contributed by atoms with Gasteiger partial charge in [-0.25, -0.2) is 12.8 Å². The van der Waals surface area contributed by atoms with Crippen molar-refractivity contribution in [3.8, 4) is 0 Å². The van der Waals surface area contributed by atoms with Gasteiger partial charge >= 0.3 is 0 Å². The third-order valence-electron chi connectivity index (χ3n) is 6.21. The van der Waals surface area contributed by atoms with Gasteiger partial charge in [-0.1, -0.05) is 38.8 Å². The first kappa shape index (κ1) is 21.2. The van der Waals surface area contributed by atoms with E-state index in [9.17, 15) is 17.6 Å². The van der Waals surface area contributed by atoms with Crippen molar-refractivity contribution in [1.29, 1.82) is 0 Å². The summed E-state index contributed by atoms with van der Waals surface area (Å²) in [7, 11) is -3.85. The highest BCUT2D eigenvalue weighted by Gasteiger charge is 2.32. The highest BCUT2D eigenvalue weighted by atomic mass is 32.2. The predicted molar refractivity (Wildman–Crippen MR) is 106 cm³/mol. The van der Waals surface area contributed by atoms with Crippen LogP contribution in [0.15, 0.2) is 29.2 Å².